The van der Waals surface area contributed by atoms with Gasteiger partial charge in [0.2, 0.25) is 0 Å². The highest BCUT2D eigenvalue weighted by Crippen LogP contribution is 2.36. The van der Waals surface area contributed by atoms with Crippen molar-refractivity contribution in [3.05, 3.63) is 0 Å². The minimum atomic E-state index is 0.687. The summed E-state index contributed by atoms with van der Waals surface area (Å²) in [5, 5.41) is 0. The van der Waals surface area contributed by atoms with Gasteiger partial charge in [-0.05, 0) is 33.4 Å². The van der Waals surface area contributed by atoms with E-state index in [1.54, 1.807) is 0 Å². The fraction of sp³-hybridized carbons (Fsp3) is 1.00. The van der Waals surface area contributed by atoms with Gasteiger partial charge in [-0.2, -0.15) is 0 Å². The Labute approximate surface area is 76.9 Å². The van der Waals surface area contributed by atoms with Gasteiger partial charge in [0.1, 0.15) is 0 Å². The summed E-state index contributed by atoms with van der Waals surface area (Å²) in [5.41, 5.74) is 0. The van der Waals surface area contributed by atoms with Gasteiger partial charge >= 0.3 is 0 Å². The van der Waals surface area contributed by atoms with E-state index in [1.807, 2.05) is 11.4 Å². The predicted molar refractivity (Wildman–Crippen MR) is 58.6 cm³/mol. The van der Waals surface area contributed by atoms with Crippen LogP contribution in [0.15, 0.2) is 0 Å². The summed E-state index contributed by atoms with van der Waals surface area (Å²) in [5.74, 6) is 1.23. The minimum absolute atomic E-state index is 0.687. The SMILES string of the molecule is CCSPN(C(C)C)C(C)C. The molecule has 0 fully saturated rings. The van der Waals surface area contributed by atoms with E-state index in [4.69, 9.17) is 0 Å². The van der Waals surface area contributed by atoms with E-state index in [9.17, 15) is 0 Å². The van der Waals surface area contributed by atoms with Crippen molar-refractivity contribution in [1.29, 1.82) is 0 Å². The average Bonchev–Trinajstić information content (AvgIpc) is 1.87. The molecule has 0 amide bonds. The van der Waals surface area contributed by atoms with Gasteiger partial charge in [0.15, 0.2) is 0 Å². The molecule has 0 aromatic heterocycles. The van der Waals surface area contributed by atoms with E-state index in [0.717, 1.165) is 7.93 Å². The van der Waals surface area contributed by atoms with Crippen LogP contribution in [0.25, 0.3) is 0 Å². The number of hydrogen-bond donors (Lipinski definition) is 0. The third-order valence-electron chi connectivity index (χ3n) is 1.43. The van der Waals surface area contributed by atoms with E-state index in [1.165, 1.54) is 5.75 Å². The van der Waals surface area contributed by atoms with E-state index in [0.29, 0.717) is 12.1 Å². The molecule has 0 aromatic rings. The minimum Gasteiger partial charge on any atom is -0.271 e. The molecule has 0 radical (unpaired) electrons. The zero-order chi connectivity index (χ0) is 8.85. The molecule has 0 heterocycles. The maximum absolute atomic E-state index is 2.54. The Bertz CT molecular complexity index is 88.1. The first-order valence-corrected chi connectivity index (χ1v) is 6.91. The van der Waals surface area contributed by atoms with Gasteiger partial charge in [0.25, 0.3) is 0 Å². The zero-order valence-electron chi connectivity index (χ0n) is 8.22. The molecular weight excluding hydrogens is 173 g/mol. The fourth-order valence-electron chi connectivity index (χ4n) is 0.946. The Morgan fingerprint density at radius 2 is 1.64 bits per heavy atom. The van der Waals surface area contributed by atoms with Gasteiger partial charge in [-0.25, -0.2) is 0 Å². The molecular formula is C8H20NPS. The fourth-order valence-corrected chi connectivity index (χ4v) is 3.75. The summed E-state index contributed by atoms with van der Waals surface area (Å²) in [6, 6.07) is 1.37. The molecule has 0 rings (SSSR count). The van der Waals surface area contributed by atoms with E-state index >= 15 is 0 Å². The third kappa shape index (κ3) is 5.05. The second-order valence-electron chi connectivity index (χ2n) is 3.12. The van der Waals surface area contributed by atoms with Gasteiger partial charge in [-0.15, -0.1) is 11.4 Å². The Hall–Kier alpha value is 0.740. The lowest BCUT2D eigenvalue weighted by atomic mass is 10.3. The molecule has 3 heteroatoms. The highest BCUT2D eigenvalue weighted by molar-refractivity contribution is 8.48. The summed E-state index contributed by atoms with van der Waals surface area (Å²) in [7, 11) is 0.934. The smallest absolute Gasteiger partial charge is 0.0105 e. The predicted octanol–water partition coefficient (Wildman–Crippen LogP) is 3.37. The average molecular weight is 193 g/mol. The van der Waals surface area contributed by atoms with Crippen LogP contribution in [-0.2, 0) is 0 Å². The van der Waals surface area contributed by atoms with Crippen molar-refractivity contribution in [2.45, 2.75) is 46.7 Å². The molecule has 0 saturated heterocycles. The molecule has 1 atom stereocenters. The van der Waals surface area contributed by atoms with Crippen molar-refractivity contribution in [2.75, 3.05) is 5.75 Å². The maximum Gasteiger partial charge on any atom is 0.0105 e. The summed E-state index contributed by atoms with van der Waals surface area (Å²) in [4.78, 5) is 0. The van der Waals surface area contributed by atoms with E-state index in [2.05, 4.69) is 39.3 Å². The summed E-state index contributed by atoms with van der Waals surface area (Å²) in [6.07, 6.45) is 0. The second kappa shape index (κ2) is 6.28. The highest BCUT2D eigenvalue weighted by atomic mass is 32.7. The van der Waals surface area contributed by atoms with Crippen LogP contribution in [0, 0.1) is 0 Å². The maximum atomic E-state index is 2.54. The molecule has 68 valence electrons. The van der Waals surface area contributed by atoms with Crippen molar-refractivity contribution >= 4 is 19.3 Å². The lowest BCUT2D eigenvalue weighted by Crippen LogP contribution is -2.28. The van der Waals surface area contributed by atoms with Gasteiger partial charge < -0.3 is 0 Å². The lowest BCUT2D eigenvalue weighted by molar-refractivity contribution is 0.333. The van der Waals surface area contributed by atoms with Gasteiger partial charge in [0.05, 0.1) is 0 Å². The molecule has 1 nitrogen and oxygen atoms in total. The number of nitrogens with zero attached hydrogens (tertiary/aromatic N) is 1. The normalized spacial score (nSPS) is 13.1. The van der Waals surface area contributed by atoms with Crippen LogP contribution < -0.4 is 0 Å². The van der Waals surface area contributed by atoms with Crippen LogP contribution in [0.2, 0.25) is 0 Å². The Kier molecular flexibility index (Phi) is 6.70. The molecule has 0 aliphatic heterocycles. The molecule has 0 spiro atoms. The van der Waals surface area contributed by atoms with Crippen LogP contribution >= 0.6 is 19.3 Å². The molecule has 0 bridgehead atoms. The molecule has 0 N–H and O–H groups in total. The van der Waals surface area contributed by atoms with Crippen LogP contribution in [0.3, 0.4) is 0 Å². The largest absolute Gasteiger partial charge is 0.271 e. The molecule has 0 aromatic carbocycles. The van der Waals surface area contributed by atoms with Crippen molar-refractivity contribution in [3.63, 3.8) is 0 Å². The van der Waals surface area contributed by atoms with Crippen LogP contribution in [0.5, 0.6) is 0 Å². The topological polar surface area (TPSA) is 3.24 Å². The summed E-state index contributed by atoms with van der Waals surface area (Å²) < 4.78 is 2.54. The first-order valence-electron chi connectivity index (χ1n) is 4.25. The molecule has 0 saturated carbocycles. The summed E-state index contributed by atoms with van der Waals surface area (Å²) >= 11 is 2.03. The van der Waals surface area contributed by atoms with Crippen LogP contribution in [0.1, 0.15) is 34.6 Å². The number of rotatable bonds is 5. The zero-order valence-corrected chi connectivity index (χ0v) is 10.0. The molecule has 1 unspecified atom stereocenters. The van der Waals surface area contributed by atoms with Gasteiger partial charge in [0, 0.05) is 20.0 Å². The Morgan fingerprint density at radius 3 is 1.91 bits per heavy atom. The van der Waals surface area contributed by atoms with E-state index in [-0.39, 0.29) is 0 Å². The van der Waals surface area contributed by atoms with Crippen molar-refractivity contribution in [1.82, 2.24) is 4.67 Å². The number of hydrogen-bond acceptors (Lipinski definition) is 2. The van der Waals surface area contributed by atoms with Gasteiger partial charge in [-0.3, -0.25) is 4.67 Å². The highest BCUT2D eigenvalue weighted by Gasteiger charge is 2.11. The molecule has 0 aliphatic carbocycles. The van der Waals surface area contributed by atoms with Crippen molar-refractivity contribution in [3.8, 4) is 0 Å². The second-order valence-corrected chi connectivity index (χ2v) is 6.10. The van der Waals surface area contributed by atoms with Gasteiger partial charge in [-0.1, -0.05) is 6.92 Å². The van der Waals surface area contributed by atoms with E-state index < -0.39 is 0 Å². The Morgan fingerprint density at radius 1 is 1.18 bits per heavy atom. The first-order chi connectivity index (χ1) is 5.09. The third-order valence-corrected chi connectivity index (χ3v) is 4.97. The quantitative estimate of drug-likeness (QED) is 0.616. The molecule has 0 aliphatic rings. The molecule has 11 heavy (non-hydrogen) atoms. The van der Waals surface area contributed by atoms with Crippen LogP contribution in [-0.4, -0.2) is 22.5 Å². The van der Waals surface area contributed by atoms with Crippen molar-refractivity contribution < 1.29 is 0 Å². The lowest BCUT2D eigenvalue weighted by Gasteiger charge is -2.29. The summed E-state index contributed by atoms with van der Waals surface area (Å²) in [6.45, 7) is 11.3. The monoisotopic (exact) mass is 193 g/mol. The standard InChI is InChI=1S/C8H20NPS/c1-6-11-10-9(7(2)3)8(4)5/h7-8,10H,6H2,1-5H3. The van der Waals surface area contributed by atoms with Crippen LogP contribution in [0.4, 0.5) is 0 Å². The Balaban J connectivity index is 3.70. The first kappa shape index (κ1) is 11.7. The van der Waals surface area contributed by atoms with Crippen molar-refractivity contribution in [2.24, 2.45) is 0 Å².